The smallest absolute Gasteiger partial charge is 0.0787 e. The molecule has 0 bridgehead atoms. The Hall–Kier alpha value is -5.93. The van der Waals surface area contributed by atoms with Gasteiger partial charge in [0.25, 0.3) is 0 Å². The van der Waals surface area contributed by atoms with Crippen LogP contribution in [0.3, 0.4) is 0 Å². The highest BCUT2D eigenvalue weighted by molar-refractivity contribution is 5.91. The third-order valence-corrected chi connectivity index (χ3v) is 10.7. The average molecular weight is 660 g/mol. The molecule has 0 saturated heterocycles. The number of hydrogen-bond acceptors (Lipinski definition) is 3. The first-order valence-electron chi connectivity index (χ1n) is 17.8. The van der Waals surface area contributed by atoms with E-state index in [0.717, 1.165) is 68.8 Å². The van der Waals surface area contributed by atoms with E-state index in [0.29, 0.717) is 0 Å². The van der Waals surface area contributed by atoms with E-state index in [2.05, 4.69) is 134 Å². The van der Waals surface area contributed by atoms with E-state index in [9.17, 15) is 0 Å². The van der Waals surface area contributed by atoms with Crippen LogP contribution < -0.4 is 10.4 Å². The van der Waals surface area contributed by atoms with Crippen LogP contribution in [0.5, 0.6) is 0 Å². The number of nitrogens with zero attached hydrogens (tertiary/aromatic N) is 3. The summed E-state index contributed by atoms with van der Waals surface area (Å²) in [5, 5.41) is 3.67. The molecule has 3 aromatic carbocycles. The molecule has 3 nitrogen and oxygen atoms in total. The summed E-state index contributed by atoms with van der Waals surface area (Å²) in [5.41, 5.74) is 15.9. The van der Waals surface area contributed by atoms with E-state index < -0.39 is 0 Å². The van der Waals surface area contributed by atoms with Gasteiger partial charge in [0.05, 0.1) is 22.6 Å². The molecule has 0 radical (unpaired) electrons. The van der Waals surface area contributed by atoms with E-state index in [1.54, 1.807) is 0 Å². The molecule has 2 aliphatic rings. The van der Waals surface area contributed by atoms with Crippen molar-refractivity contribution in [3.8, 4) is 33.8 Å². The second-order valence-electron chi connectivity index (χ2n) is 13.8. The van der Waals surface area contributed by atoms with Crippen molar-refractivity contribution in [1.82, 2.24) is 15.0 Å². The fraction of sp³-hybridized carbons (Fsp3) is 0.146. The van der Waals surface area contributed by atoms with Crippen molar-refractivity contribution in [2.24, 2.45) is 11.8 Å². The normalized spacial score (nSPS) is 17.1. The SMILES string of the molecule is C=C(C)C1=C(C2C(C)=c3c(-c4ccc(-c5ccccn5)cc4)nc4ccccc4c3=C(C)C2C(=C)c2ccc(-c3ccccn3)cc2)C=CCC1. The van der Waals surface area contributed by atoms with Crippen molar-refractivity contribution < 1.29 is 0 Å². The lowest BCUT2D eigenvalue weighted by atomic mass is 9.66. The Morgan fingerprint density at radius 3 is 1.90 bits per heavy atom. The Bertz CT molecular complexity index is 2500. The fourth-order valence-electron chi connectivity index (χ4n) is 8.24. The number of hydrogen-bond donors (Lipinski definition) is 0. The van der Waals surface area contributed by atoms with Gasteiger partial charge < -0.3 is 0 Å². The number of benzene rings is 3. The minimum atomic E-state index is 0.0375. The zero-order valence-corrected chi connectivity index (χ0v) is 29.5. The van der Waals surface area contributed by atoms with E-state index in [1.165, 1.54) is 38.1 Å². The van der Waals surface area contributed by atoms with E-state index >= 15 is 0 Å². The largest absolute Gasteiger partial charge is 0.256 e. The van der Waals surface area contributed by atoms with Crippen molar-refractivity contribution in [1.29, 1.82) is 0 Å². The standard InChI is InChI=1S/C48H41N3/c1-30(2)38-14-6-7-15-39(38)45-33(5)47-46(32(4)44(45)31(3)34-20-22-35(23-21-34)41-17-10-12-28-49-41)40-16-8-9-19-43(40)51-48(47)37-26-24-36(25-27-37)42-18-11-13-29-50-42/h7-13,15-29,44-45H,1,3,6,14H2,2,4-5H3. The van der Waals surface area contributed by atoms with Crippen LogP contribution >= 0.6 is 0 Å². The number of para-hydroxylation sites is 1. The number of aromatic nitrogens is 3. The van der Waals surface area contributed by atoms with Crippen LogP contribution in [0.15, 0.2) is 164 Å². The molecule has 51 heavy (non-hydrogen) atoms. The number of allylic oxidation sites excluding steroid dienone is 6. The number of pyridine rings is 3. The van der Waals surface area contributed by atoms with Crippen molar-refractivity contribution in [2.45, 2.75) is 33.6 Å². The molecular formula is C48H41N3. The van der Waals surface area contributed by atoms with Gasteiger partial charge in [0.15, 0.2) is 0 Å². The molecule has 3 heterocycles. The Morgan fingerprint density at radius 2 is 1.27 bits per heavy atom. The molecule has 3 heteroatoms. The zero-order valence-electron chi connectivity index (χ0n) is 29.5. The van der Waals surface area contributed by atoms with E-state index in [1.807, 2.05) is 36.7 Å². The monoisotopic (exact) mass is 659 g/mol. The lowest BCUT2D eigenvalue weighted by molar-refractivity contribution is 0.663. The van der Waals surface area contributed by atoms with Gasteiger partial charge in [0, 0.05) is 51.5 Å². The van der Waals surface area contributed by atoms with Gasteiger partial charge in [0.2, 0.25) is 0 Å². The van der Waals surface area contributed by atoms with Crippen LogP contribution in [0.4, 0.5) is 0 Å². The molecule has 6 aromatic rings. The van der Waals surface area contributed by atoms with Gasteiger partial charge in [-0.25, -0.2) is 4.98 Å². The van der Waals surface area contributed by atoms with Gasteiger partial charge in [-0.15, -0.1) is 0 Å². The summed E-state index contributed by atoms with van der Waals surface area (Å²) in [6.45, 7) is 16.2. The summed E-state index contributed by atoms with van der Waals surface area (Å²) in [6, 6.07) is 38.2. The maximum atomic E-state index is 5.42. The molecule has 248 valence electrons. The number of fused-ring (bicyclic) bond motifs is 3. The molecule has 0 fully saturated rings. The molecule has 2 unspecified atom stereocenters. The van der Waals surface area contributed by atoms with E-state index in [-0.39, 0.29) is 11.8 Å². The Balaban J connectivity index is 1.38. The molecular weight excluding hydrogens is 619 g/mol. The lowest BCUT2D eigenvalue weighted by Gasteiger charge is -2.37. The molecule has 8 rings (SSSR count). The third-order valence-electron chi connectivity index (χ3n) is 10.7. The minimum absolute atomic E-state index is 0.0375. The molecule has 0 N–H and O–H groups in total. The molecule has 0 amide bonds. The summed E-state index contributed by atoms with van der Waals surface area (Å²) in [6.07, 6.45) is 10.4. The Kier molecular flexibility index (Phi) is 8.49. The highest BCUT2D eigenvalue weighted by Gasteiger charge is 2.36. The average Bonchev–Trinajstić information content (AvgIpc) is 3.19. The molecule has 2 aliphatic carbocycles. The van der Waals surface area contributed by atoms with Crippen LogP contribution in [0, 0.1) is 11.8 Å². The summed E-state index contributed by atoms with van der Waals surface area (Å²) in [4.78, 5) is 14.6. The summed E-state index contributed by atoms with van der Waals surface area (Å²) < 4.78 is 0. The van der Waals surface area contributed by atoms with Crippen molar-refractivity contribution >= 4 is 27.6 Å². The number of rotatable bonds is 7. The van der Waals surface area contributed by atoms with Crippen LogP contribution in [0.2, 0.25) is 0 Å². The van der Waals surface area contributed by atoms with Gasteiger partial charge >= 0.3 is 0 Å². The van der Waals surface area contributed by atoms with E-state index in [4.69, 9.17) is 11.6 Å². The van der Waals surface area contributed by atoms with Gasteiger partial charge in [-0.1, -0.05) is 121 Å². The molecule has 2 atom stereocenters. The second-order valence-corrected chi connectivity index (χ2v) is 13.8. The summed E-state index contributed by atoms with van der Waals surface area (Å²) >= 11 is 0. The third kappa shape index (κ3) is 5.79. The molecule has 0 saturated carbocycles. The topological polar surface area (TPSA) is 38.7 Å². The van der Waals surface area contributed by atoms with Crippen LogP contribution in [0.25, 0.3) is 61.4 Å². The summed E-state index contributed by atoms with van der Waals surface area (Å²) in [5.74, 6) is 0.105. The molecule has 0 aliphatic heterocycles. The maximum absolute atomic E-state index is 5.42. The lowest BCUT2D eigenvalue weighted by Crippen LogP contribution is -2.42. The first kappa shape index (κ1) is 32.3. The summed E-state index contributed by atoms with van der Waals surface area (Å²) in [7, 11) is 0. The van der Waals surface area contributed by atoms with Gasteiger partial charge in [0.1, 0.15) is 0 Å². The van der Waals surface area contributed by atoms with Gasteiger partial charge in [-0.2, -0.15) is 0 Å². The van der Waals surface area contributed by atoms with Crippen LogP contribution in [-0.4, -0.2) is 15.0 Å². The van der Waals surface area contributed by atoms with Crippen molar-refractivity contribution in [2.75, 3.05) is 0 Å². The maximum Gasteiger partial charge on any atom is 0.0787 e. The minimum Gasteiger partial charge on any atom is -0.256 e. The first-order valence-corrected chi connectivity index (χ1v) is 17.8. The highest BCUT2D eigenvalue weighted by atomic mass is 14.7. The Labute approximate surface area is 300 Å². The van der Waals surface area contributed by atoms with Crippen molar-refractivity contribution in [3.05, 3.63) is 180 Å². The van der Waals surface area contributed by atoms with Gasteiger partial charge in [-0.3, -0.25) is 9.97 Å². The predicted molar refractivity (Wildman–Crippen MR) is 214 cm³/mol. The molecule has 3 aromatic heterocycles. The van der Waals surface area contributed by atoms with Crippen LogP contribution in [0.1, 0.15) is 39.2 Å². The quantitative estimate of drug-likeness (QED) is 0.171. The van der Waals surface area contributed by atoms with Crippen molar-refractivity contribution in [3.63, 3.8) is 0 Å². The molecule has 0 spiro atoms. The fourth-order valence-corrected chi connectivity index (χ4v) is 8.24. The Morgan fingerprint density at radius 1 is 0.667 bits per heavy atom. The highest BCUT2D eigenvalue weighted by Crippen LogP contribution is 2.46. The second kappa shape index (κ2) is 13.4. The van der Waals surface area contributed by atoms with Crippen LogP contribution in [-0.2, 0) is 0 Å². The first-order chi connectivity index (χ1) is 24.9. The van der Waals surface area contributed by atoms with Gasteiger partial charge in [-0.05, 0) is 91.4 Å². The predicted octanol–water partition coefficient (Wildman–Crippen LogP) is 10.5. The zero-order chi connectivity index (χ0) is 35.1.